The van der Waals surface area contributed by atoms with Gasteiger partial charge in [0, 0.05) is 31.4 Å². The van der Waals surface area contributed by atoms with E-state index in [0.29, 0.717) is 28.3 Å². The minimum atomic E-state index is -0.622. The molecule has 9 heteroatoms. The predicted octanol–water partition coefficient (Wildman–Crippen LogP) is 3.65. The molecule has 0 saturated heterocycles. The minimum Gasteiger partial charge on any atom is -0.483 e. The highest BCUT2D eigenvalue weighted by Crippen LogP contribution is 2.33. The van der Waals surface area contributed by atoms with Crippen LogP contribution in [0.3, 0.4) is 0 Å². The van der Waals surface area contributed by atoms with Crippen molar-refractivity contribution in [2.24, 2.45) is 7.05 Å². The van der Waals surface area contributed by atoms with Crippen LogP contribution in [-0.2, 0) is 18.3 Å². The number of carbonyl (C=O) groups is 1. The monoisotopic (exact) mass is 426 g/mol. The summed E-state index contributed by atoms with van der Waals surface area (Å²) in [5, 5.41) is 14.2. The smallest absolute Gasteiger partial charge is 0.410 e. The Bertz CT molecular complexity index is 1030. The van der Waals surface area contributed by atoms with E-state index in [0.717, 1.165) is 5.57 Å². The van der Waals surface area contributed by atoms with Crippen molar-refractivity contribution in [3.8, 4) is 22.9 Å². The van der Waals surface area contributed by atoms with Crippen LogP contribution in [0.4, 0.5) is 10.6 Å². The Kier molecular flexibility index (Phi) is 6.95. The van der Waals surface area contributed by atoms with E-state index in [2.05, 4.69) is 22.7 Å². The molecule has 166 valence electrons. The molecule has 0 unspecified atom stereocenters. The van der Waals surface area contributed by atoms with Gasteiger partial charge in [0.05, 0.1) is 12.2 Å². The van der Waals surface area contributed by atoms with Gasteiger partial charge < -0.3 is 20.1 Å². The van der Waals surface area contributed by atoms with Crippen LogP contribution in [0.15, 0.2) is 24.4 Å². The number of carbonyl (C=O) groups excluding carboxylic acids is 1. The van der Waals surface area contributed by atoms with Gasteiger partial charge >= 0.3 is 6.09 Å². The first-order valence-electron chi connectivity index (χ1n) is 9.82. The van der Waals surface area contributed by atoms with E-state index in [1.165, 1.54) is 9.58 Å². The molecule has 0 spiro atoms. The molecule has 0 bridgehead atoms. The average molecular weight is 427 g/mol. The molecular formula is C22H30N6O3. The number of nitrogen functional groups attached to an aromatic ring is 1. The van der Waals surface area contributed by atoms with E-state index in [1.807, 2.05) is 13.8 Å². The van der Waals surface area contributed by atoms with Gasteiger partial charge in [-0.05, 0) is 46.3 Å². The summed E-state index contributed by atoms with van der Waals surface area (Å²) in [4.78, 5) is 18.0. The van der Waals surface area contributed by atoms with Crippen molar-refractivity contribution in [2.45, 2.75) is 52.9 Å². The summed E-state index contributed by atoms with van der Waals surface area (Å²) in [6, 6.07) is 3.89. The van der Waals surface area contributed by atoms with Crippen LogP contribution in [0.1, 0.15) is 46.0 Å². The lowest BCUT2D eigenvalue weighted by atomic mass is 10.0. The van der Waals surface area contributed by atoms with Gasteiger partial charge in [-0.25, -0.2) is 9.78 Å². The normalized spacial score (nSPS) is 12.1. The fraction of sp³-hybridized carbons (Fsp3) is 0.455. The Morgan fingerprint density at radius 3 is 2.65 bits per heavy atom. The van der Waals surface area contributed by atoms with Crippen LogP contribution in [0.25, 0.3) is 11.1 Å². The third kappa shape index (κ3) is 5.75. The van der Waals surface area contributed by atoms with Crippen molar-refractivity contribution in [1.29, 1.82) is 5.26 Å². The molecule has 2 heterocycles. The number of hydrogen-bond acceptors (Lipinski definition) is 7. The van der Waals surface area contributed by atoms with Crippen LogP contribution < -0.4 is 10.5 Å². The van der Waals surface area contributed by atoms with Crippen molar-refractivity contribution in [1.82, 2.24) is 19.7 Å². The van der Waals surface area contributed by atoms with Gasteiger partial charge in [-0.2, -0.15) is 10.4 Å². The van der Waals surface area contributed by atoms with Crippen LogP contribution in [0.2, 0.25) is 0 Å². The number of ether oxygens (including phenoxy) is 2. The predicted molar refractivity (Wildman–Crippen MR) is 118 cm³/mol. The highest BCUT2D eigenvalue weighted by atomic mass is 16.6. The molecule has 0 aromatic carbocycles. The number of aromatic nitrogens is 3. The number of aryl methyl sites for hydroxylation is 1. The van der Waals surface area contributed by atoms with Crippen LogP contribution in [-0.4, -0.2) is 44.5 Å². The largest absolute Gasteiger partial charge is 0.483 e. The Morgan fingerprint density at radius 1 is 1.45 bits per heavy atom. The second kappa shape index (κ2) is 9.08. The van der Waals surface area contributed by atoms with Gasteiger partial charge in [-0.3, -0.25) is 4.68 Å². The second-order valence-electron chi connectivity index (χ2n) is 8.46. The molecule has 0 radical (unpaired) electrons. The molecule has 0 aliphatic carbocycles. The molecule has 0 saturated carbocycles. The van der Waals surface area contributed by atoms with Gasteiger partial charge in [-0.1, -0.05) is 6.58 Å². The molecule has 2 aromatic heterocycles. The number of nitrogens with two attached hydrogens (primary N) is 1. The van der Waals surface area contributed by atoms with Crippen LogP contribution in [0.5, 0.6) is 5.75 Å². The number of nitriles is 1. The van der Waals surface area contributed by atoms with Crippen LogP contribution in [0, 0.1) is 11.3 Å². The highest BCUT2D eigenvalue weighted by molar-refractivity contribution is 5.74. The van der Waals surface area contributed by atoms with E-state index in [-0.39, 0.29) is 18.5 Å². The minimum absolute atomic E-state index is 0.141. The maximum Gasteiger partial charge on any atom is 0.410 e. The van der Waals surface area contributed by atoms with Gasteiger partial charge in [0.15, 0.2) is 11.6 Å². The summed E-state index contributed by atoms with van der Waals surface area (Å²) < 4.78 is 12.8. The third-order valence-electron chi connectivity index (χ3n) is 4.49. The lowest BCUT2D eigenvalue weighted by molar-refractivity contribution is 0.0283. The molecule has 2 rings (SSSR count). The standard InChI is InChI=1S/C22H30N6O3/c1-13(2)14(3)30-18-9-15(11-25-20(18)24)19-16(26-28(8)17(19)10-23)12-27(7)21(29)31-22(4,5)6/h9,11,14H,1,12H2,2-8H3,(H2,24,25)/t14-/m1/s1. The number of pyridine rings is 1. The molecule has 2 aromatic rings. The number of rotatable bonds is 6. The van der Waals surface area contributed by atoms with Crippen molar-refractivity contribution < 1.29 is 14.3 Å². The molecule has 0 aliphatic heterocycles. The summed E-state index contributed by atoms with van der Waals surface area (Å²) >= 11 is 0. The summed E-state index contributed by atoms with van der Waals surface area (Å²) in [6.45, 7) is 13.1. The first-order chi connectivity index (χ1) is 14.3. The number of hydrogen-bond donors (Lipinski definition) is 1. The summed E-state index contributed by atoms with van der Waals surface area (Å²) in [5.74, 6) is 0.610. The molecule has 0 fully saturated rings. The summed E-state index contributed by atoms with van der Waals surface area (Å²) in [5.41, 5.74) is 8.22. The van der Waals surface area contributed by atoms with Crippen molar-refractivity contribution in [3.05, 3.63) is 35.8 Å². The first kappa shape index (κ1) is 23.7. The van der Waals surface area contributed by atoms with E-state index in [1.54, 1.807) is 47.1 Å². The van der Waals surface area contributed by atoms with Crippen molar-refractivity contribution in [3.63, 3.8) is 0 Å². The molecule has 1 amide bonds. The molecule has 2 N–H and O–H groups in total. The SMILES string of the molecule is C=C(C)[C@@H](C)Oc1cc(-c2c(CN(C)C(=O)OC(C)(C)C)nn(C)c2C#N)cnc1N. The lowest BCUT2D eigenvalue weighted by Gasteiger charge is -2.24. The van der Waals surface area contributed by atoms with E-state index < -0.39 is 11.7 Å². The quantitative estimate of drug-likeness (QED) is 0.700. The zero-order chi connectivity index (χ0) is 23.5. The van der Waals surface area contributed by atoms with Crippen LogP contribution >= 0.6 is 0 Å². The Hall–Kier alpha value is -3.54. The fourth-order valence-corrected chi connectivity index (χ4v) is 2.73. The fourth-order valence-electron chi connectivity index (χ4n) is 2.73. The van der Waals surface area contributed by atoms with E-state index >= 15 is 0 Å². The number of anilines is 1. The Balaban J connectivity index is 2.47. The first-order valence-corrected chi connectivity index (χ1v) is 9.82. The Labute approximate surface area is 183 Å². The van der Waals surface area contributed by atoms with Gasteiger partial charge in [0.25, 0.3) is 0 Å². The van der Waals surface area contributed by atoms with Gasteiger partial charge in [0.1, 0.15) is 23.5 Å². The maximum atomic E-state index is 12.4. The Morgan fingerprint density at radius 2 is 2.10 bits per heavy atom. The molecule has 31 heavy (non-hydrogen) atoms. The van der Waals surface area contributed by atoms with E-state index in [9.17, 15) is 10.1 Å². The lowest BCUT2D eigenvalue weighted by Crippen LogP contribution is -2.34. The zero-order valence-electron chi connectivity index (χ0n) is 19.2. The molecule has 9 nitrogen and oxygen atoms in total. The molecular weight excluding hydrogens is 396 g/mol. The molecule has 1 atom stereocenters. The van der Waals surface area contributed by atoms with Gasteiger partial charge in [-0.15, -0.1) is 0 Å². The summed E-state index contributed by atoms with van der Waals surface area (Å²) in [6.07, 6.45) is 0.807. The highest BCUT2D eigenvalue weighted by Gasteiger charge is 2.25. The third-order valence-corrected chi connectivity index (χ3v) is 4.49. The number of amides is 1. The molecule has 0 aliphatic rings. The maximum absolute atomic E-state index is 12.4. The van der Waals surface area contributed by atoms with Crippen molar-refractivity contribution in [2.75, 3.05) is 12.8 Å². The zero-order valence-corrected chi connectivity index (χ0v) is 19.2. The summed E-state index contributed by atoms with van der Waals surface area (Å²) in [7, 11) is 3.28. The van der Waals surface area contributed by atoms with Crippen molar-refractivity contribution >= 4 is 11.9 Å². The average Bonchev–Trinajstić information content (AvgIpc) is 2.96. The number of nitrogens with zero attached hydrogens (tertiary/aromatic N) is 5. The van der Waals surface area contributed by atoms with Gasteiger partial charge in [0.2, 0.25) is 0 Å². The topological polar surface area (TPSA) is 119 Å². The second-order valence-corrected chi connectivity index (χ2v) is 8.46. The van der Waals surface area contributed by atoms with E-state index in [4.69, 9.17) is 15.2 Å².